The molecule has 3 heterocycles. The molecule has 0 aliphatic carbocycles. The summed E-state index contributed by atoms with van der Waals surface area (Å²) in [6.45, 7) is 1.29. The molecule has 0 fully saturated rings. The van der Waals surface area contributed by atoms with Crippen LogP contribution in [-0.4, -0.2) is 23.7 Å². The van der Waals surface area contributed by atoms with Crippen LogP contribution in [0.5, 0.6) is 0 Å². The van der Waals surface area contributed by atoms with Gasteiger partial charge in [-0.2, -0.15) is 0 Å². The highest BCUT2D eigenvalue weighted by atomic mass is 32.1. The van der Waals surface area contributed by atoms with Crippen LogP contribution in [0.2, 0.25) is 0 Å². The maximum atomic E-state index is 12.6. The van der Waals surface area contributed by atoms with Crippen LogP contribution in [0.4, 0.5) is 5.69 Å². The number of dihydropyridines is 1. The van der Waals surface area contributed by atoms with E-state index in [1.807, 2.05) is 85.1 Å². The molecule has 32 heavy (non-hydrogen) atoms. The third-order valence-corrected chi connectivity index (χ3v) is 6.03. The van der Waals surface area contributed by atoms with Crippen molar-refractivity contribution in [3.05, 3.63) is 101 Å². The second kappa shape index (κ2) is 10.5. The van der Waals surface area contributed by atoms with Crippen LogP contribution < -0.4 is 11.1 Å². The van der Waals surface area contributed by atoms with Crippen molar-refractivity contribution >= 4 is 44.9 Å². The minimum absolute atomic E-state index is 0.172. The molecule has 0 saturated carbocycles. The van der Waals surface area contributed by atoms with Gasteiger partial charge >= 0.3 is 0 Å². The Bertz CT molecular complexity index is 1220. The maximum Gasteiger partial charge on any atom is 0.263 e. The molecule has 0 atom stereocenters. The number of aliphatic imine (C=N–C) groups is 1. The van der Waals surface area contributed by atoms with Crippen molar-refractivity contribution in [3.8, 4) is 0 Å². The Labute approximate surface area is 191 Å². The molecule has 1 amide bonds. The molecule has 2 aromatic heterocycles. The number of nitrogens with two attached hydrogens (primary N) is 1. The lowest BCUT2D eigenvalue weighted by Crippen LogP contribution is -2.22. The normalized spacial score (nSPS) is 12.6. The van der Waals surface area contributed by atoms with Crippen molar-refractivity contribution in [3.63, 3.8) is 0 Å². The fraction of sp³-hybridized carbons (Fsp3) is 0.115. The Morgan fingerprint density at radius 2 is 1.66 bits per heavy atom. The third-order valence-electron chi connectivity index (χ3n) is 4.91. The zero-order valence-electron chi connectivity index (χ0n) is 17.6. The first-order chi connectivity index (χ1) is 15.7. The summed E-state index contributed by atoms with van der Waals surface area (Å²) >= 11 is 1.33. The number of thiophene rings is 1. The lowest BCUT2D eigenvalue weighted by atomic mass is 10.1. The van der Waals surface area contributed by atoms with Crippen LogP contribution in [0.1, 0.15) is 27.3 Å². The van der Waals surface area contributed by atoms with Gasteiger partial charge in [-0.3, -0.25) is 9.79 Å². The van der Waals surface area contributed by atoms with E-state index in [-0.39, 0.29) is 5.91 Å². The van der Waals surface area contributed by atoms with Gasteiger partial charge in [0.2, 0.25) is 0 Å². The summed E-state index contributed by atoms with van der Waals surface area (Å²) in [7, 11) is 0. The SMILES string of the molecule is Nc1c(C(=O)NCc2ccccc2)sc2nc(C3=CCCN=C3)ccc12.c1ccccc1. The molecule has 3 N–H and O–H groups in total. The number of pyridine rings is 1. The third kappa shape index (κ3) is 5.28. The highest BCUT2D eigenvalue weighted by Gasteiger charge is 2.18. The second-order valence-electron chi connectivity index (χ2n) is 7.20. The van der Waals surface area contributed by atoms with Gasteiger partial charge in [-0.1, -0.05) is 72.8 Å². The zero-order chi connectivity index (χ0) is 22.2. The molecule has 160 valence electrons. The number of hydrogen-bond donors (Lipinski definition) is 2. The van der Waals surface area contributed by atoms with Crippen LogP contribution in [0.25, 0.3) is 15.8 Å². The Morgan fingerprint density at radius 1 is 0.969 bits per heavy atom. The number of aromatic nitrogens is 1. The molecule has 5 nitrogen and oxygen atoms in total. The molecular formula is C26H24N4OS. The predicted molar refractivity (Wildman–Crippen MR) is 134 cm³/mol. The summed E-state index contributed by atoms with van der Waals surface area (Å²) < 4.78 is 0. The maximum absolute atomic E-state index is 12.6. The van der Waals surface area contributed by atoms with Crippen molar-refractivity contribution in [1.29, 1.82) is 0 Å². The van der Waals surface area contributed by atoms with E-state index in [2.05, 4.69) is 21.4 Å². The monoisotopic (exact) mass is 440 g/mol. The average Bonchev–Trinajstić information content (AvgIpc) is 3.21. The topological polar surface area (TPSA) is 80.4 Å². The van der Waals surface area contributed by atoms with Gasteiger partial charge in [-0.05, 0) is 24.1 Å². The molecule has 0 unspecified atom stereocenters. The van der Waals surface area contributed by atoms with Crippen molar-refractivity contribution in [1.82, 2.24) is 10.3 Å². The molecule has 2 aromatic carbocycles. The molecule has 1 aliphatic rings. The zero-order valence-corrected chi connectivity index (χ0v) is 18.4. The number of rotatable bonds is 4. The first-order valence-electron chi connectivity index (χ1n) is 10.4. The van der Waals surface area contributed by atoms with Crippen LogP contribution in [0.15, 0.2) is 89.9 Å². The van der Waals surface area contributed by atoms with Crippen LogP contribution in [-0.2, 0) is 6.54 Å². The molecule has 0 radical (unpaired) electrons. The first-order valence-corrected chi connectivity index (χ1v) is 11.3. The number of nitrogen functional groups attached to an aromatic ring is 1. The quantitative estimate of drug-likeness (QED) is 0.449. The van der Waals surface area contributed by atoms with Gasteiger partial charge in [0.1, 0.15) is 9.71 Å². The van der Waals surface area contributed by atoms with Gasteiger partial charge in [0, 0.05) is 30.3 Å². The van der Waals surface area contributed by atoms with E-state index in [1.165, 1.54) is 11.3 Å². The van der Waals surface area contributed by atoms with Gasteiger partial charge in [-0.25, -0.2) is 4.98 Å². The Balaban J connectivity index is 0.000000354. The molecular weight excluding hydrogens is 416 g/mol. The van der Waals surface area contributed by atoms with Gasteiger partial charge in [-0.15, -0.1) is 11.3 Å². The molecule has 0 saturated heterocycles. The molecule has 5 rings (SSSR count). The van der Waals surface area contributed by atoms with Crippen LogP contribution >= 0.6 is 11.3 Å². The molecule has 0 spiro atoms. The molecule has 0 bridgehead atoms. The summed E-state index contributed by atoms with van der Waals surface area (Å²) in [5.41, 5.74) is 9.61. The van der Waals surface area contributed by atoms with Gasteiger partial charge in [0.25, 0.3) is 5.91 Å². The van der Waals surface area contributed by atoms with E-state index in [4.69, 9.17) is 5.73 Å². The Morgan fingerprint density at radius 3 is 2.31 bits per heavy atom. The summed E-state index contributed by atoms with van der Waals surface area (Å²) in [5, 5.41) is 3.74. The standard InChI is InChI=1S/C20H18N4OS.C6H6/c21-17-15-8-9-16(14-7-4-10-22-12-14)24-20(15)26-18(17)19(25)23-11-13-5-2-1-3-6-13;1-2-4-6-5-3-1/h1-3,5-9,12H,4,10-11,21H2,(H,23,25);1-6H. The fourth-order valence-electron chi connectivity index (χ4n) is 3.25. The lowest BCUT2D eigenvalue weighted by molar-refractivity contribution is 0.0956. The number of carbonyl (C=O) groups is 1. The number of benzene rings is 2. The number of amides is 1. The van der Waals surface area contributed by atoms with E-state index >= 15 is 0 Å². The largest absolute Gasteiger partial charge is 0.397 e. The van der Waals surface area contributed by atoms with Crippen LogP contribution in [0, 0.1) is 0 Å². The number of nitrogens with one attached hydrogen (secondary N) is 1. The fourth-order valence-corrected chi connectivity index (χ4v) is 4.26. The van der Waals surface area contributed by atoms with Crippen molar-refractivity contribution in [2.75, 3.05) is 12.3 Å². The van der Waals surface area contributed by atoms with Crippen molar-refractivity contribution in [2.45, 2.75) is 13.0 Å². The van der Waals surface area contributed by atoms with Crippen LogP contribution in [0.3, 0.4) is 0 Å². The predicted octanol–water partition coefficient (Wildman–Crippen LogP) is 5.35. The number of allylic oxidation sites excluding steroid dienone is 1. The smallest absolute Gasteiger partial charge is 0.263 e. The van der Waals surface area contributed by atoms with E-state index in [1.54, 1.807) is 0 Å². The molecule has 6 heteroatoms. The number of fused-ring (bicyclic) bond motifs is 1. The van der Waals surface area contributed by atoms with Crippen molar-refractivity contribution in [2.24, 2.45) is 4.99 Å². The second-order valence-corrected chi connectivity index (χ2v) is 8.20. The molecule has 4 aromatic rings. The van der Waals surface area contributed by atoms with Gasteiger partial charge in [0.05, 0.1) is 11.4 Å². The average molecular weight is 441 g/mol. The number of carbonyl (C=O) groups excluding carboxylic acids is 1. The minimum atomic E-state index is -0.172. The first kappa shape index (κ1) is 21.5. The summed E-state index contributed by atoms with van der Waals surface area (Å²) in [4.78, 5) is 22.8. The number of anilines is 1. The number of nitrogens with zero attached hydrogens (tertiary/aromatic N) is 2. The van der Waals surface area contributed by atoms with E-state index in [9.17, 15) is 4.79 Å². The lowest BCUT2D eigenvalue weighted by Gasteiger charge is -2.05. The van der Waals surface area contributed by atoms with E-state index < -0.39 is 0 Å². The van der Waals surface area contributed by atoms with E-state index in [0.717, 1.165) is 40.0 Å². The summed E-state index contributed by atoms with van der Waals surface area (Å²) in [5.74, 6) is -0.172. The highest BCUT2D eigenvalue weighted by Crippen LogP contribution is 2.33. The highest BCUT2D eigenvalue weighted by molar-refractivity contribution is 7.21. The Kier molecular flexibility index (Phi) is 7.05. The molecule has 1 aliphatic heterocycles. The number of hydrogen-bond acceptors (Lipinski definition) is 5. The van der Waals surface area contributed by atoms with E-state index in [0.29, 0.717) is 17.1 Å². The summed E-state index contributed by atoms with van der Waals surface area (Å²) in [6, 6.07) is 25.7. The van der Waals surface area contributed by atoms with Crippen molar-refractivity contribution < 1.29 is 4.79 Å². The Hall–Kier alpha value is -3.77. The summed E-state index contributed by atoms with van der Waals surface area (Å²) in [6.07, 6.45) is 4.90. The minimum Gasteiger partial charge on any atom is -0.397 e. The van der Waals surface area contributed by atoms with Gasteiger partial charge in [0.15, 0.2) is 0 Å². The van der Waals surface area contributed by atoms with Gasteiger partial charge < -0.3 is 11.1 Å².